The Morgan fingerprint density at radius 2 is 2.15 bits per heavy atom. The second-order valence-electron chi connectivity index (χ2n) is 6.36. The molecule has 6 nitrogen and oxygen atoms in total. The van der Waals surface area contributed by atoms with Gasteiger partial charge in [-0.25, -0.2) is 4.39 Å². The highest BCUT2D eigenvalue weighted by Crippen LogP contribution is 2.31. The number of rotatable bonds is 4. The summed E-state index contributed by atoms with van der Waals surface area (Å²) in [5.41, 5.74) is 5.66. The highest BCUT2D eigenvalue weighted by atomic mass is 19.1. The van der Waals surface area contributed by atoms with Gasteiger partial charge in [0.05, 0.1) is 11.3 Å². The topological polar surface area (TPSA) is 111 Å². The molecule has 26 heavy (non-hydrogen) atoms. The fourth-order valence-electron chi connectivity index (χ4n) is 3.05. The molecule has 6 N–H and O–H groups in total. The van der Waals surface area contributed by atoms with Crippen molar-refractivity contribution >= 4 is 17.3 Å². The van der Waals surface area contributed by atoms with Crippen molar-refractivity contribution in [2.75, 3.05) is 18.4 Å². The fraction of sp³-hybridized carbons (Fsp3) is 0.263. The number of piperidine rings is 1. The molecule has 2 unspecified atom stereocenters. The Balaban J connectivity index is 1.72. The number of anilines is 1. The Morgan fingerprint density at radius 1 is 1.42 bits per heavy atom. The first kappa shape index (κ1) is 18.0. The van der Waals surface area contributed by atoms with E-state index in [9.17, 15) is 14.3 Å². The number of benzene rings is 1. The van der Waals surface area contributed by atoms with E-state index in [4.69, 9.17) is 11.1 Å². The predicted molar refractivity (Wildman–Crippen MR) is 98.6 cm³/mol. The molecule has 1 fully saturated rings. The predicted octanol–water partition coefficient (Wildman–Crippen LogP) is 1.50. The average molecular weight is 356 g/mol. The number of aliphatic hydroxyl groups is 1. The summed E-state index contributed by atoms with van der Waals surface area (Å²) in [4.78, 5) is 11.3. The summed E-state index contributed by atoms with van der Waals surface area (Å²) in [6, 6.07) is 6.81. The molecule has 1 saturated heterocycles. The molecule has 7 heteroatoms. The van der Waals surface area contributed by atoms with E-state index in [-0.39, 0.29) is 24.3 Å². The Morgan fingerprint density at radius 3 is 2.81 bits per heavy atom. The Labute approximate surface area is 150 Å². The summed E-state index contributed by atoms with van der Waals surface area (Å²) in [5, 5.41) is 24.6. The molecule has 0 radical (unpaired) electrons. The normalized spacial score (nSPS) is 27.3. The molecule has 1 aliphatic heterocycles. The van der Waals surface area contributed by atoms with E-state index in [1.807, 2.05) is 0 Å². The van der Waals surface area contributed by atoms with E-state index in [0.29, 0.717) is 23.4 Å². The van der Waals surface area contributed by atoms with Gasteiger partial charge in [-0.2, -0.15) is 0 Å². The van der Waals surface area contributed by atoms with Gasteiger partial charge in [-0.05, 0) is 36.7 Å². The molecule has 2 atom stereocenters. The van der Waals surface area contributed by atoms with Crippen LogP contribution in [0, 0.1) is 5.41 Å². The van der Waals surface area contributed by atoms with Gasteiger partial charge < -0.3 is 21.5 Å². The van der Waals surface area contributed by atoms with Crippen molar-refractivity contribution in [2.45, 2.75) is 18.2 Å². The summed E-state index contributed by atoms with van der Waals surface area (Å²) in [5.74, 6) is -0.648. The van der Waals surface area contributed by atoms with Gasteiger partial charge >= 0.3 is 0 Å². The fourth-order valence-corrected chi connectivity index (χ4v) is 3.05. The van der Waals surface area contributed by atoms with Gasteiger partial charge in [-0.1, -0.05) is 24.3 Å². The first-order valence-electron chi connectivity index (χ1n) is 8.33. The molecule has 0 bridgehead atoms. The summed E-state index contributed by atoms with van der Waals surface area (Å²) >= 11 is 0. The van der Waals surface area contributed by atoms with E-state index in [1.165, 1.54) is 6.08 Å². The van der Waals surface area contributed by atoms with Gasteiger partial charge in [0.2, 0.25) is 0 Å². The molecule has 0 spiro atoms. The first-order valence-corrected chi connectivity index (χ1v) is 8.33. The minimum absolute atomic E-state index is 0.0481. The lowest BCUT2D eigenvalue weighted by Crippen LogP contribution is -2.51. The van der Waals surface area contributed by atoms with E-state index < -0.39 is 17.7 Å². The molecule has 0 aromatic heterocycles. The molecule has 3 rings (SSSR count). The minimum atomic E-state index is -1.52. The van der Waals surface area contributed by atoms with Crippen LogP contribution >= 0.6 is 0 Å². The number of nitrogens with two attached hydrogens (primary N) is 1. The number of hydrogen-bond donors (Lipinski definition) is 5. The van der Waals surface area contributed by atoms with Gasteiger partial charge in [-0.15, -0.1) is 0 Å². The third-order valence-corrected chi connectivity index (χ3v) is 4.63. The number of carbonyl (C=O) groups excluding carboxylic acids is 1. The maximum Gasteiger partial charge on any atom is 0.250 e. The quantitative estimate of drug-likeness (QED) is 0.563. The zero-order valence-electron chi connectivity index (χ0n) is 14.1. The number of primary amides is 1. The van der Waals surface area contributed by atoms with Crippen molar-refractivity contribution in [3.05, 3.63) is 65.4 Å². The van der Waals surface area contributed by atoms with Gasteiger partial charge in [0, 0.05) is 24.0 Å². The largest absolute Gasteiger partial charge is 0.381 e. The summed E-state index contributed by atoms with van der Waals surface area (Å²) in [7, 11) is 0. The Bertz CT molecular complexity index is 813. The summed E-state index contributed by atoms with van der Waals surface area (Å²) in [6.07, 6.45) is 5.41. The van der Waals surface area contributed by atoms with Crippen molar-refractivity contribution in [2.24, 2.45) is 5.73 Å². The van der Waals surface area contributed by atoms with Crippen molar-refractivity contribution in [1.82, 2.24) is 5.32 Å². The van der Waals surface area contributed by atoms with Gasteiger partial charge in [0.1, 0.15) is 11.8 Å². The number of hydrogen-bond acceptors (Lipinski definition) is 5. The maximum atomic E-state index is 14.2. The van der Waals surface area contributed by atoms with Crippen LogP contribution in [0.2, 0.25) is 0 Å². The molecule has 0 saturated carbocycles. The molecule has 1 aromatic carbocycles. The van der Waals surface area contributed by atoms with E-state index >= 15 is 0 Å². The van der Waals surface area contributed by atoms with Crippen LogP contribution in [0.4, 0.5) is 10.1 Å². The lowest BCUT2D eigenvalue weighted by atomic mass is 9.85. The average Bonchev–Trinajstić information content (AvgIpc) is 2.63. The minimum Gasteiger partial charge on any atom is -0.381 e. The van der Waals surface area contributed by atoms with Crippen LogP contribution in [-0.2, 0) is 10.4 Å². The number of β-amino-alcohol motifs (C(OH)–C–C–N with tert-alkyl or cyclic N) is 1. The van der Waals surface area contributed by atoms with Crippen LogP contribution in [0.3, 0.4) is 0 Å². The maximum absolute atomic E-state index is 14.2. The molecule has 1 amide bonds. The third-order valence-electron chi connectivity index (χ3n) is 4.63. The molecule has 1 aromatic rings. The first-order chi connectivity index (χ1) is 12.4. The number of amides is 1. The molecule has 2 aliphatic rings. The van der Waals surface area contributed by atoms with Gasteiger partial charge in [0.15, 0.2) is 0 Å². The lowest BCUT2D eigenvalue weighted by Gasteiger charge is -2.36. The van der Waals surface area contributed by atoms with Crippen molar-refractivity contribution in [1.29, 1.82) is 5.41 Å². The molecular formula is C19H21FN4O2. The van der Waals surface area contributed by atoms with Crippen molar-refractivity contribution < 1.29 is 14.3 Å². The standard InChI is InChI=1S/C19H21FN4O2/c20-16-8-9-23-11-19(16,26)13-4-6-14(7-5-13)24-10-12-2-1-3-15(17(12)21)18(22)25/h1-7,10,16,21,23-24,26H,8-9,11H2,(H2,22,25)/b12-10-,21-17?. The Kier molecular flexibility index (Phi) is 5.01. The van der Waals surface area contributed by atoms with E-state index in [2.05, 4.69) is 10.6 Å². The summed E-state index contributed by atoms with van der Waals surface area (Å²) < 4.78 is 14.2. The van der Waals surface area contributed by atoms with Crippen molar-refractivity contribution in [3.63, 3.8) is 0 Å². The monoisotopic (exact) mass is 356 g/mol. The van der Waals surface area contributed by atoms with Crippen LogP contribution in [0.5, 0.6) is 0 Å². The zero-order valence-corrected chi connectivity index (χ0v) is 14.1. The Hall–Kier alpha value is -2.77. The number of nitrogens with one attached hydrogen (secondary N) is 3. The summed E-state index contributed by atoms with van der Waals surface area (Å²) in [6.45, 7) is 0.729. The number of carbonyl (C=O) groups is 1. The van der Waals surface area contributed by atoms with Gasteiger partial charge in [-0.3, -0.25) is 10.2 Å². The molecule has 1 heterocycles. The van der Waals surface area contributed by atoms with Crippen LogP contribution in [0.15, 0.2) is 59.8 Å². The molecular weight excluding hydrogens is 335 g/mol. The lowest BCUT2D eigenvalue weighted by molar-refractivity contribution is -0.114. The number of allylic oxidation sites excluding steroid dienone is 4. The highest BCUT2D eigenvalue weighted by Gasteiger charge is 2.40. The van der Waals surface area contributed by atoms with Crippen molar-refractivity contribution in [3.8, 4) is 0 Å². The highest BCUT2D eigenvalue weighted by molar-refractivity contribution is 6.28. The van der Waals surface area contributed by atoms with E-state index in [1.54, 1.807) is 42.6 Å². The molecule has 136 valence electrons. The smallest absolute Gasteiger partial charge is 0.250 e. The number of alkyl halides is 1. The van der Waals surface area contributed by atoms with Crippen LogP contribution < -0.4 is 16.4 Å². The SMILES string of the molecule is N=C1C(C(N)=O)=CC=C/C1=C/Nc1ccc(C2(O)CNCCC2F)cc1. The van der Waals surface area contributed by atoms with Crippen LogP contribution in [0.1, 0.15) is 12.0 Å². The zero-order chi connectivity index (χ0) is 18.7. The molecule has 1 aliphatic carbocycles. The van der Waals surface area contributed by atoms with Crippen LogP contribution in [-0.4, -0.2) is 36.0 Å². The van der Waals surface area contributed by atoms with Crippen LogP contribution in [0.25, 0.3) is 0 Å². The second kappa shape index (κ2) is 7.23. The number of halogens is 1. The van der Waals surface area contributed by atoms with E-state index in [0.717, 1.165) is 0 Å². The second-order valence-corrected chi connectivity index (χ2v) is 6.36. The van der Waals surface area contributed by atoms with Gasteiger partial charge in [0.25, 0.3) is 5.91 Å². The third kappa shape index (κ3) is 3.44.